The molecule has 2 radical (unpaired) electrons. The van der Waals surface area contributed by atoms with Gasteiger partial charge in [0.1, 0.15) is 6.10 Å². The van der Waals surface area contributed by atoms with Crippen molar-refractivity contribution in [2.75, 3.05) is 0 Å². The van der Waals surface area contributed by atoms with E-state index in [1.807, 2.05) is 0 Å². The first kappa shape index (κ1) is 9.50. The maximum absolute atomic E-state index is 10.6. The van der Waals surface area contributed by atoms with Crippen LogP contribution in [-0.2, 0) is 9.53 Å². The first-order valence-corrected chi connectivity index (χ1v) is 3.52. The number of rotatable bonds is 2. The predicted molar refractivity (Wildman–Crippen MR) is 38.5 cm³/mol. The number of cyclic esters (lactones) is 1. The summed E-state index contributed by atoms with van der Waals surface area (Å²) in [7, 11) is 5.07. The van der Waals surface area contributed by atoms with Crippen LogP contribution in [0.2, 0.25) is 6.32 Å². The Kier molecular flexibility index (Phi) is 2.71. The second-order valence-corrected chi connectivity index (χ2v) is 2.64. The summed E-state index contributed by atoms with van der Waals surface area (Å²) in [6.45, 7) is 0. The Bertz CT molecular complexity index is 185. The summed E-state index contributed by atoms with van der Waals surface area (Å²) < 4.78 is 4.47. The van der Waals surface area contributed by atoms with Crippen LogP contribution in [0.4, 0.5) is 0 Å². The van der Waals surface area contributed by atoms with E-state index in [9.17, 15) is 4.79 Å². The molecule has 0 aromatic rings. The van der Waals surface area contributed by atoms with E-state index in [2.05, 4.69) is 4.74 Å². The van der Waals surface area contributed by atoms with Gasteiger partial charge in [0.15, 0.2) is 12.2 Å². The Labute approximate surface area is 70.4 Å². The maximum atomic E-state index is 10.6. The van der Waals surface area contributed by atoms with Gasteiger partial charge in [-0.25, -0.2) is 4.79 Å². The lowest BCUT2D eigenvalue weighted by molar-refractivity contribution is -0.150. The molecular formula is C6H9BO5. The Hall–Kier alpha value is -0.585. The number of aliphatic hydroxyl groups excluding tert-OH is 3. The molecule has 3 N–H and O–H groups in total. The minimum Gasteiger partial charge on any atom is -0.455 e. The standard InChI is InChI=1S/C6H9BO5/c7-1-2(8)5-3(9)4(10)6(11)12-5/h2-5,8-10H,1H2. The second kappa shape index (κ2) is 3.43. The molecule has 0 saturated carbocycles. The molecule has 1 fully saturated rings. The van der Waals surface area contributed by atoms with Crippen molar-refractivity contribution in [2.45, 2.75) is 30.7 Å². The van der Waals surface area contributed by atoms with E-state index >= 15 is 0 Å². The van der Waals surface area contributed by atoms with E-state index in [0.717, 1.165) is 0 Å². The van der Waals surface area contributed by atoms with Crippen LogP contribution in [0, 0.1) is 0 Å². The summed E-state index contributed by atoms with van der Waals surface area (Å²) >= 11 is 0. The fourth-order valence-corrected chi connectivity index (χ4v) is 1.03. The molecule has 4 atom stereocenters. The number of carbonyl (C=O) groups is 1. The SMILES string of the molecule is [B]CC(O)C1OC(=O)C(O)C1O. The van der Waals surface area contributed by atoms with E-state index in [0.29, 0.717) is 0 Å². The summed E-state index contributed by atoms with van der Waals surface area (Å²) in [6.07, 6.45) is -5.35. The van der Waals surface area contributed by atoms with Gasteiger partial charge in [-0.05, 0) is 0 Å². The lowest BCUT2D eigenvalue weighted by Gasteiger charge is -2.18. The zero-order valence-corrected chi connectivity index (χ0v) is 6.25. The number of aliphatic hydroxyl groups is 3. The lowest BCUT2D eigenvalue weighted by Crippen LogP contribution is -2.38. The van der Waals surface area contributed by atoms with Crippen LogP contribution in [0.3, 0.4) is 0 Å². The summed E-state index contributed by atoms with van der Waals surface area (Å²) in [5.41, 5.74) is 0. The van der Waals surface area contributed by atoms with Crippen LogP contribution in [0.25, 0.3) is 0 Å². The summed E-state index contributed by atoms with van der Waals surface area (Å²) in [5.74, 6) is -0.931. The van der Waals surface area contributed by atoms with Gasteiger partial charge in [0.25, 0.3) is 0 Å². The Morgan fingerprint density at radius 3 is 2.50 bits per heavy atom. The van der Waals surface area contributed by atoms with Crippen LogP contribution < -0.4 is 0 Å². The average Bonchev–Trinajstić information content (AvgIpc) is 2.32. The number of esters is 1. The third kappa shape index (κ3) is 1.45. The Morgan fingerprint density at radius 2 is 2.17 bits per heavy atom. The summed E-state index contributed by atoms with van der Waals surface area (Å²) in [4.78, 5) is 10.6. The van der Waals surface area contributed by atoms with Crippen molar-refractivity contribution >= 4 is 13.8 Å². The molecule has 0 amide bonds. The van der Waals surface area contributed by atoms with Crippen molar-refractivity contribution in [2.24, 2.45) is 0 Å². The Morgan fingerprint density at radius 1 is 1.58 bits per heavy atom. The number of hydrogen-bond acceptors (Lipinski definition) is 5. The van der Waals surface area contributed by atoms with Crippen molar-refractivity contribution in [3.05, 3.63) is 0 Å². The van der Waals surface area contributed by atoms with Gasteiger partial charge in [-0.2, -0.15) is 0 Å². The van der Waals surface area contributed by atoms with Gasteiger partial charge in [0, 0.05) is 0 Å². The molecule has 0 spiro atoms. The highest BCUT2D eigenvalue weighted by atomic mass is 16.6. The van der Waals surface area contributed by atoms with Crippen LogP contribution in [0.5, 0.6) is 0 Å². The minimum atomic E-state index is -1.57. The van der Waals surface area contributed by atoms with Gasteiger partial charge >= 0.3 is 5.97 Å². The van der Waals surface area contributed by atoms with Crippen molar-refractivity contribution in [3.8, 4) is 0 Å². The zero-order chi connectivity index (χ0) is 9.30. The molecule has 1 rings (SSSR count). The molecule has 0 aromatic heterocycles. The van der Waals surface area contributed by atoms with Gasteiger partial charge < -0.3 is 20.1 Å². The van der Waals surface area contributed by atoms with Gasteiger partial charge in [-0.3, -0.25) is 0 Å². The third-order valence-corrected chi connectivity index (χ3v) is 1.77. The fraction of sp³-hybridized carbons (Fsp3) is 0.833. The first-order chi connectivity index (χ1) is 5.57. The van der Waals surface area contributed by atoms with Crippen LogP contribution in [0.1, 0.15) is 0 Å². The van der Waals surface area contributed by atoms with E-state index in [4.69, 9.17) is 23.2 Å². The molecule has 0 bridgehead atoms. The number of hydrogen-bond donors (Lipinski definition) is 3. The van der Waals surface area contributed by atoms with Crippen molar-refractivity contribution in [1.82, 2.24) is 0 Å². The molecule has 1 saturated heterocycles. The number of carbonyl (C=O) groups excluding carboxylic acids is 1. The highest BCUT2D eigenvalue weighted by Crippen LogP contribution is 2.19. The van der Waals surface area contributed by atoms with Crippen LogP contribution in [-0.4, -0.2) is 53.6 Å². The molecule has 66 valence electrons. The number of ether oxygens (including phenoxy) is 1. The normalized spacial score (nSPS) is 37.9. The second-order valence-electron chi connectivity index (χ2n) is 2.64. The molecule has 12 heavy (non-hydrogen) atoms. The van der Waals surface area contributed by atoms with Crippen molar-refractivity contribution < 1.29 is 24.9 Å². The maximum Gasteiger partial charge on any atom is 0.338 e. The highest BCUT2D eigenvalue weighted by Gasteiger charge is 2.45. The smallest absolute Gasteiger partial charge is 0.338 e. The van der Waals surface area contributed by atoms with E-state index in [1.165, 1.54) is 0 Å². The summed E-state index contributed by atoms with van der Waals surface area (Å²) in [6, 6.07) is 0. The quantitative estimate of drug-likeness (QED) is 0.318. The molecule has 6 heteroatoms. The van der Waals surface area contributed by atoms with Gasteiger partial charge in [0.2, 0.25) is 0 Å². The molecule has 1 aliphatic heterocycles. The van der Waals surface area contributed by atoms with E-state index in [-0.39, 0.29) is 6.32 Å². The monoisotopic (exact) mass is 172 g/mol. The molecule has 1 heterocycles. The molecule has 0 aliphatic carbocycles. The van der Waals surface area contributed by atoms with E-state index < -0.39 is 30.4 Å². The largest absolute Gasteiger partial charge is 0.455 e. The third-order valence-electron chi connectivity index (χ3n) is 1.77. The Balaban J connectivity index is 2.64. The van der Waals surface area contributed by atoms with Crippen molar-refractivity contribution in [1.29, 1.82) is 0 Å². The van der Waals surface area contributed by atoms with Crippen LogP contribution >= 0.6 is 0 Å². The van der Waals surface area contributed by atoms with Gasteiger partial charge in [0.05, 0.1) is 14.0 Å². The van der Waals surface area contributed by atoms with Crippen LogP contribution in [0.15, 0.2) is 0 Å². The highest BCUT2D eigenvalue weighted by molar-refractivity contribution is 6.08. The van der Waals surface area contributed by atoms with Crippen molar-refractivity contribution in [3.63, 3.8) is 0 Å². The molecule has 0 aromatic carbocycles. The van der Waals surface area contributed by atoms with Gasteiger partial charge in [-0.1, -0.05) is 6.32 Å². The molecule has 5 nitrogen and oxygen atoms in total. The zero-order valence-electron chi connectivity index (χ0n) is 6.25. The molecular weight excluding hydrogens is 163 g/mol. The minimum absolute atomic E-state index is 0.137. The first-order valence-electron chi connectivity index (χ1n) is 3.52. The predicted octanol–water partition coefficient (Wildman–Crippen LogP) is -2.42. The molecule has 4 unspecified atom stereocenters. The van der Waals surface area contributed by atoms with E-state index in [1.54, 1.807) is 0 Å². The van der Waals surface area contributed by atoms with Gasteiger partial charge in [-0.15, -0.1) is 0 Å². The lowest BCUT2D eigenvalue weighted by atomic mass is 9.93. The average molecular weight is 172 g/mol. The topological polar surface area (TPSA) is 87.0 Å². The molecule has 1 aliphatic rings. The fourth-order valence-electron chi connectivity index (χ4n) is 1.03. The summed E-state index contributed by atoms with van der Waals surface area (Å²) in [5, 5.41) is 27.1.